The molecule has 2 aromatic rings. The van der Waals surface area contributed by atoms with E-state index in [0.717, 1.165) is 19.3 Å². The number of hydrogen-bond donors (Lipinski definition) is 1. The van der Waals surface area contributed by atoms with E-state index in [9.17, 15) is 10.1 Å². The van der Waals surface area contributed by atoms with Crippen molar-refractivity contribution in [2.24, 2.45) is 7.05 Å². The Labute approximate surface area is 115 Å². The third-order valence-electron chi connectivity index (χ3n) is 3.73. The van der Waals surface area contributed by atoms with Crippen molar-refractivity contribution in [1.82, 2.24) is 15.1 Å². The van der Waals surface area contributed by atoms with Gasteiger partial charge in [-0.05, 0) is 25.3 Å². The SMILES string of the molecule is Cn1ncc2c1CCCC2NCc1ccc([N+](=O)[O-])o1. The maximum atomic E-state index is 10.6. The first-order valence-corrected chi connectivity index (χ1v) is 6.62. The summed E-state index contributed by atoms with van der Waals surface area (Å²) in [5.74, 6) is 0.361. The number of aryl methyl sites for hydroxylation is 1. The van der Waals surface area contributed by atoms with Crippen LogP contribution in [0, 0.1) is 10.1 Å². The molecule has 3 rings (SSSR count). The maximum absolute atomic E-state index is 10.6. The molecule has 1 N–H and O–H groups in total. The van der Waals surface area contributed by atoms with Gasteiger partial charge in [0.1, 0.15) is 10.7 Å². The molecular formula is C13H16N4O3. The quantitative estimate of drug-likeness (QED) is 0.682. The smallest absolute Gasteiger partial charge is 0.404 e. The van der Waals surface area contributed by atoms with Crippen LogP contribution in [-0.2, 0) is 20.0 Å². The van der Waals surface area contributed by atoms with Crippen LogP contribution < -0.4 is 5.32 Å². The Morgan fingerprint density at radius 2 is 2.45 bits per heavy atom. The third-order valence-corrected chi connectivity index (χ3v) is 3.73. The highest BCUT2D eigenvalue weighted by atomic mass is 16.6. The highest BCUT2D eigenvalue weighted by Crippen LogP contribution is 2.29. The van der Waals surface area contributed by atoms with Gasteiger partial charge in [-0.25, -0.2) is 0 Å². The van der Waals surface area contributed by atoms with E-state index in [1.807, 2.05) is 17.9 Å². The molecule has 0 spiro atoms. The van der Waals surface area contributed by atoms with Gasteiger partial charge in [0.2, 0.25) is 0 Å². The van der Waals surface area contributed by atoms with Crippen molar-refractivity contribution in [3.8, 4) is 0 Å². The van der Waals surface area contributed by atoms with E-state index < -0.39 is 4.92 Å². The number of rotatable bonds is 4. The number of fused-ring (bicyclic) bond motifs is 1. The fraction of sp³-hybridized carbons (Fsp3) is 0.462. The van der Waals surface area contributed by atoms with E-state index in [0.29, 0.717) is 12.3 Å². The van der Waals surface area contributed by atoms with Gasteiger partial charge < -0.3 is 9.73 Å². The normalized spacial score (nSPS) is 17.9. The van der Waals surface area contributed by atoms with E-state index in [2.05, 4.69) is 10.4 Å². The van der Waals surface area contributed by atoms with Crippen LogP contribution in [0.2, 0.25) is 0 Å². The molecule has 0 aliphatic heterocycles. The number of nitrogens with one attached hydrogen (secondary N) is 1. The van der Waals surface area contributed by atoms with E-state index in [1.165, 1.54) is 17.3 Å². The van der Waals surface area contributed by atoms with Gasteiger partial charge in [0.25, 0.3) is 0 Å². The summed E-state index contributed by atoms with van der Waals surface area (Å²) < 4.78 is 7.06. The maximum Gasteiger partial charge on any atom is 0.433 e. The lowest BCUT2D eigenvalue weighted by Gasteiger charge is -2.23. The highest BCUT2D eigenvalue weighted by Gasteiger charge is 2.23. The van der Waals surface area contributed by atoms with Crippen molar-refractivity contribution < 1.29 is 9.34 Å². The number of furan rings is 1. The van der Waals surface area contributed by atoms with Gasteiger partial charge in [0.05, 0.1) is 18.8 Å². The topological polar surface area (TPSA) is 86.1 Å². The van der Waals surface area contributed by atoms with E-state index >= 15 is 0 Å². The van der Waals surface area contributed by atoms with Gasteiger partial charge in [0, 0.05) is 24.3 Å². The summed E-state index contributed by atoms with van der Waals surface area (Å²) in [6, 6.07) is 3.25. The Balaban J connectivity index is 1.68. The van der Waals surface area contributed by atoms with Crippen LogP contribution in [0.5, 0.6) is 0 Å². The van der Waals surface area contributed by atoms with Crippen LogP contribution in [-0.4, -0.2) is 14.7 Å². The van der Waals surface area contributed by atoms with Crippen molar-refractivity contribution in [2.45, 2.75) is 31.8 Å². The Morgan fingerprint density at radius 1 is 1.60 bits per heavy atom. The summed E-state index contributed by atoms with van der Waals surface area (Å²) in [5.41, 5.74) is 2.49. The van der Waals surface area contributed by atoms with Crippen molar-refractivity contribution >= 4 is 5.88 Å². The Kier molecular flexibility index (Phi) is 3.27. The first-order chi connectivity index (χ1) is 9.65. The number of nitro groups is 1. The van der Waals surface area contributed by atoms with Gasteiger partial charge in [-0.1, -0.05) is 0 Å². The molecule has 0 saturated heterocycles. The average Bonchev–Trinajstić information content (AvgIpc) is 3.04. The summed E-state index contributed by atoms with van der Waals surface area (Å²) in [6.07, 6.45) is 5.11. The zero-order valence-electron chi connectivity index (χ0n) is 11.2. The predicted molar refractivity (Wildman–Crippen MR) is 71.1 cm³/mol. The molecule has 1 atom stereocenters. The standard InChI is InChI=1S/C13H16N4O3/c1-16-12-4-2-3-11(10(12)8-15-16)14-7-9-5-6-13(20-9)17(18)19/h5-6,8,11,14H,2-4,7H2,1H3. The number of aromatic nitrogens is 2. The fourth-order valence-electron chi connectivity index (χ4n) is 2.70. The molecule has 20 heavy (non-hydrogen) atoms. The molecule has 0 fully saturated rings. The summed E-state index contributed by atoms with van der Waals surface area (Å²) in [6.45, 7) is 0.479. The fourth-order valence-corrected chi connectivity index (χ4v) is 2.70. The Morgan fingerprint density at radius 3 is 3.20 bits per heavy atom. The Bertz CT molecular complexity index is 631. The third kappa shape index (κ3) is 2.32. The highest BCUT2D eigenvalue weighted by molar-refractivity contribution is 5.25. The van der Waals surface area contributed by atoms with Crippen molar-refractivity contribution in [2.75, 3.05) is 0 Å². The molecule has 2 heterocycles. The summed E-state index contributed by atoms with van der Waals surface area (Å²) >= 11 is 0. The molecule has 0 amide bonds. The van der Waals surface area contributed by atoms with Crippen LogP contribution in [0.25, 0.3) is 0 Å². The number of hydrogen-bond acceptors (Lipinski definition) is 5. The monoisotopic (exact) mass is 276 g/mol. The van der Waals surface area contributed by atoms with Gasteiger partial charge in [-0.2, -0.15) is 5.10 Å². The molecule has 7 heteroatoms. The molecule has 106 valence electrons. The lowest BCUT2D eigenvalue weighted by molar-refractivity contribution is -0.402. The van der Waals surface area contributed by atoms with Crippen molar-refractivity contribution in [3.63, 3.8) is 0 Å². The second-order valence-electron chi connectivity index (χ2n) is 4.99. The molecule has 7 nitrogen and oxygen atoms in total. The Hall–Kier alpha value is -2.15. The molecule has 0 radical (unpaired) electrons. The zero-order valence-corrected chi connectivity index (χ0v) is 11.2. The van der Waals surface area contributed by atoms with Crippen LogP contribution in [0.1, 0.15) is 35.9 Å². The van der Waals surface area contributed by atoms with Crippen LogP contribution in [0.15, 0.2) is 22.7 Å². The predicted octanol–water partition coefficient (Wildman–Crippen LogP) is 2.09. The van der Waals surface area contributed by atoms with Gasteiger partial charge in [-0.15, -0.1) is 0 Å². The van der Waals surface area contributed by atoms with Crippen LogP contribution in [0.4, 0.5) is 5.88 Å². The molecule has 2 aromatic heterocycles. The number of nitrogens with zero attached hydrogens (tertiary/aromatic N) is 3. The van der Waals surface area contributed by atoms with Gasteiger partial charge >= 0.3 is 5.88 Å². The van der Waals surface area contributed by atoms with Gasteiger partial charge in [-0.3, -0.25) is 14.8 Å². The van der Waals surface area contributed by atoms with E-state index in [-0.39, 0.29) is 11.9 Å². The minimum atomic E-state index is -0.524. The van der Waals surface area contributed by atoms with E-state index in [1.54, 1.807) is 6.07 Å². The van der Waals surface area contributed by atoms with Crippen LogP contribution >= 0.6 is 0 Å². The summed E-state index contributed by atoms with van der Waals surface area (Å²) in [5, 5.41) is 18.3. The summed E-state index contributed by atoms with van der Waals surface area (Å²) in [4.78, 5) is 10.0. The molecule has 0 aromatic carbocycles. The van der Waals surface area contributed by atoms with Crippen molar-refractivity contribution in [3.05, 3.63) is 45.5 Å². The molecule has 1 aliphatic rings. The molecule has 1 unspecified atom stereocenters. The summed E-state index contributed by atoms with van der Waals surface area (Å²) in [7, 11) is 1.96. The molecule has 0 saturated carbocycles. The molecule has 0 bridgehead atoms. The molecule has 1 aliphatic carbocycles. The minimum absolute atomic E-state index is 0.215. The lowest BCUT2D eigenvalue weighted by atomic mass is 9.93. The van der Waals surface area contributed by atoms with Crippen LogP contribution in [0.3, 0.4) is 0 Å². The van der Waals surface area contributed by atoms with Crippen molar-refractivity contribution in [1.29, 1.82) is 0 Å². The first kappa shape index (κ1) is 12.9. The lowest BCUT2D eigenvalue weighted by Crippen LogP contribution is -2.24. The van der Waals surface area contributed by atoms with E-state index in [4.69, 9.17) is 4.42 Å². The minimum Gasteiger partial charge on any atom is -0.404 e. The second-order valence-corrected chi connectivity index (χ2v) is 4.99. The second kappa shape index (κ2) is 5.09. The largest absolute Gasteiger partial charge is 0.433 e. The zero-order chi connectivity index (χ0) is 14.1. The average molecular weight is 276 g/mol. The molecular weight excluding hydrogens is 260 g/mol. The first-order valence-electron chi connectivity index (χ1n) is 6.62. The van der Waals surface area contributed by atoms with Gasteiger partial charge in [0.15, 0.2) is 0 Å².